The molecular weight excluding hydrogens is 220 g/mol. The topological polar surface area (TPSA) is 51.8 Å². The molecule has 17 heavy (non-hydrogen) atoms. The SMILES string of the molecule is Cc1ccc([C@@H](O)c2ccc3c(c2)OCO3)o1. The van der Waals surface area contributed by atoms with Gasteiger partial charge in [-0.2, -0.15) is 0 Å². The van der Waals surface area contributed by atoms with Crippen LogP contribution in [0.15, 0.2) is 34.7 Å². The fourth-order valence-corrected chi connectivity index (χ4v) is 1.85. The summed E-state index contributed by atoms with van der Waals surface area (Å²) in [7, 11) is 0. The molecule has 0 fully saturated rings. The van der Waals surface area contributed by atoms with Crippen molar-refractivity contribution in [2.75, 3.05) is 6.79 Å². The summed E-state index contributed by atoms with van der Waals surface area (Å²) in [5.74, 6) is 2.67. The van der Waals surface area contributed by atoms with E-state index in [0.717, 1.165) is 11.3 Å². The molecule has 0 aliphatic carbocycles. The Labute approximate surface area is 98.4 Å². The number of fused-ring (bicyclic) bond motifs is 1. The molecular formula is C13H12O4. The predicted molar refractivity (Wildman–Crippen MR) is 60.1 cm³/mol. The molecule has 0 saturated heterocycles. The third kappa shape index (κ3) is 1.76. The lowest BCUT2D eigenvalue weighted by molar-refractivity contribution is 0.173. The lowest BCUT2D eigenvalue weighted by Crippen LogP contribution is -1.97. The Morgan fingerprint density at radius 3 is 2.71 bits per heavy atom. The maximum Gasteiger partial charge on any atom is 0.231 e. The van der Waals surface area contributed by atoms with Gasteiger partial charge in [0, 0.05) is 0 Å². The number of furan rings is 1. The first-order chi connectivity index (χ1) is 8.24. The predicted octanol–water partition coefficient (Wildman–Crippen LogP) is 2.40. The highest BCUT2D eigenvalue weighted by atomic mass is 16.7. The minimum Gasteiger partial charge on any atom is -0.463 e. The van der Waals surface area contributed by atoms with Crippen LogP contribution in [0.25, 0.3) is 0 Å². The summed E-state index contributed by atoms with van der Waals surface area (Å²) in [4.78, 5) is 0. The molecule has 3 rings (SSSR count). The van der Waals surface area contributed by atoms with E-state index >= 15 is 0 Å². The Balaban J connectivity index is 1.94. The van der Waals surface area contributed by atoms with Crippen LogP contribution < -0.4 is 9.47 Å². The summed E-state index contributed by atoms with van der Waals surface area (Å²) in [5, 5.41) is 10.1. The van der Waals surface area contributed by atoms with Crippen LogP contribution in [0.3, 0.4) is 0 Å². The molecule has 0 spiro atoms. The van der Waals surface area contributed by atoms with Gasteiger partial charge < -0.3 is 19.0 Å². The monoisotopic (exact) mass is 232 g/mol. The van der Waals surface area contributed by atoms with Crippen LogP contribution in [0, 0.1) is 6.92 Å². The summed E-state index contributed by atoms with van der Waals surface area (Å²) >= 11 is 0. The zero-order valence-corrected chi connectivity index (χ0v) is 9.34. The zero-order valence-electron chi connectivity index (χ0n) is 9.34. The average Bonchev–Trinajstić information content (AvgIpc) is 2.95. The van der Waals surface area contributed by atoms with Gasteiger partial charge >= 0.3 is 0 Å². The molecule has 1 aromatic carbocycles. The van der Waals surface area contributed by atoms with Crippen LogP contribution in [0.4, 0.5) is 0 Å². The average molecular weight is 232 g/mol. The lowest BCUT2D eigenvalue weighted by atomic mass is 10.1. The largest absolute Gasteiger partial charge is 0.463 e. The van der Waals surface area contributed by atoms with E-state index in [2.05, 4.69) is 0 Å². The molecule has 0 saturated carbocycles. The number of hydrogen-bond acceptors (Lipinski definition) is 4. The summed E-state index contributed by atoms with van der Waals surface area (Å²) < 4.78 is 15.9. The first-order valence-corrected chi connectivity index (χ1v) is 5.38. The molecule has 1 atom stereocenters. The molecule has 88 valence electrons. The van der Waals surface area contributed by atoms with E-state index in [4.69, 9.17) is 13.9 Å². The molecule has 1 aliphatic rings. The lowest BCUT2D eigenvalue weighted by Gasteiger charge is -2.08. The van der Waals surface area contributed by atoms with Crippen molar-refractivity contribution in [1.29, 1.82) is 0 Å². The number of benzene rings is 1. The number of aryl methyl sites for hydroxylation is 1. The highest BCUT2D eigenvalue weighted by Crippen LogP contribution is 2.35. The normalized spacial score (nSPS) is 14.9. The van der Waals surface area contributed by atoms with Crippen molar-refractivity contribution in [3.63, 3.8) is 0 Å². The number of aliphatic hydroxyl groups excluding tert-OH is 1. The van der Waals surface area contributed by atoms with Gasteiger partial charge in [-0.25, -0.2) is 0 Å². The zero-order chi connectivity index (χ0) is 11.8. The number of rotatable bonds is 2. The van der Waals surface area contributed by atoms with Crippen molar-refractivity contribution in [3.05, 3.63) is 47.4 Å². The molecule has 0 radical (unpaired) electrons. The second-order valence-corrected chi connectivity index (χ2v) is 3.96. The smallest absolute Gasteiger partial charge is 0.231 e. The van der Waals surface area contributed by atoms with Gasteiger partial charge in [0.25, 0.3) is 0 Å². The first kappa shape index (κ1) is 10.2. The van der Waals surface area contributed by atoms with Crippen molar-refractivity contribution in [3.8, 4) is 11.5 Å². The molecule has 2 heterocycles. The quantitative estimate of drug-likeness (QED) is 0.863. The van der Waals surface area contributed by atoms with E-state index in [1.54, 1.807) is 24.3 Å². The molecule has 0 bridgehead atoms. The molecule has 4 nitrogen and oxygen atoms in total. The second-order valence-electron chi connectivity index (χ2n) is 3.96. The van der Waals surface area contributed by atoms with Gasteiger partial charge in [-0.3, -0.25) is 0 Å². The maximum atomic E-state index is 10.1. The minimum absolute atomic E-state index is 0.231. The third-order valence-electron chi connectivity index (χ3n) is 2.74. The molecule has 0 unspecified atom stereocenters. The van der Waals surface area contributed by atoms with Crippen molar-refractivity contribution >= 4 is 0 Å². The van der Waals surface area contributed by atoms with Gasteiger partial charge in [-0.15, -0.1) is 0 Å². The molecule has 4 heteroatoms. The summed E-state index contributed by atoms with van der Waals surface area (Å²) in [6.07, 6.45) is -0.779. The van der Waals surface area contributed by atoms with Gasteiger partial charge in [0.1, 0.15) is 17.6 Å². The van der Waals surface area contributed by atoms with Crippen LogP contribution >= 0.6 is 0 Å². The summed E-state index contributed by atoms with van der Waals surface area (Å²) in [5.41, 5.74) is 0.726. The van der Waals surface area contributed by atoms with E-state index in [1.165, 1.54) is 0 Å². The Hall–Kier alpha value is -1.94. The fourth-order valence-electron chi connectivity index (χ4n) is 1.85. The number of aliphatic hydroxyl groups is 1. The second kappa shape index (κ2) is 3.82. The molecule has 0 amide bonds. The van der Waals surface area contributed by atoms with Crippen LogP contribution in [-0.2, 0) is 0 Å². The standard InChI is InChI=1S/C13H12O4/c1-8-2-4-11(17-8)13(14)9-3-5-10-12(6-9)16-7-15-10/h2-6,13-14H,7H2,1H3/t13-/m0/s1. The van der Waals surface area contributed by atoms with Crippen LogP contribution in [0.2, 0.25) is 0 Å². The van der Waals surface area contributed by atoms with Crippen LogP contribution in [0.5, 0.6) is 11.5 Å². The maximum absolute atomic E-state index is 10.1. The van der Waals surface area contributed by atoms with E-state index < -0.39 is 6.10 Å². The Kier molecular flexibility index (Phi) is 2.30. The van der Waals surface area contributed by atoms with Gasteiger partial charge in [-0.05, 0) is 36.8 Å². The fraction of sp³-hybridized carbons (Fsp3) is 0.231. The van der Waals surface area contributed by atoms with Gasteiger partial charge in [0.05, 0.1) is 0 Å². The number of hydrogen-bond donors (Lipinski definition) is 1. The van der Waals surface area contributed by atoms with Gasteiger partial charge in [-0.1, -0.05) is 6.07 Å². The first-order valence-electron chi connectivity index (χ1n) is 5.38. The molecule has 1 aromatic heterocycles. The third-order valence-corrected chi connectivity index (χ3v) is 2.74. The van der Waals surface area contributed by atoms with Crippen molar-refractivity contribution in [2.45, 2.75) is 13.0 Å². The minimum atomic E-state index is -0.779. The van der Waals surface area contributed by atoms with Gasteiger partial charge in [0.2, 0.25) is 6.79 Å². The van der Waals surface area contributed by atoms with E-state index in [1.807, 2.05) is 13.0 Å². The van der Waals surface area contributed by atoms with Crippen molar-refractivity contribution in [2.24, 2.45) is 0 Å². The highest BCUT2D eigenvalue weighted by molar-refractivity contribution is 5.46. The van der Waals surface area contributed by atoms with Crippen LogP contribution in [0.1, 0.15) is 23.2 Å². The number of ether oxygens (including phenoxy) is 2. The Bertz CT molecular complexity index is 544. The van der Waals surface area contributed by atoms with E-state index in [-0.39, 0.29) is 6.79 Å². The van der Waals surface area contributed by atoms with E-state index in [0.29, 0.717) is 17.3 Å². The Morgan fingerprint density at radius 2 is 1.94 bits per heavy atom. The highest BCUT2D eigenvalue weighted by Gasteiger charge is 2.19. The molecule has 1 N–H and O–H groups in total. The Morgan fingerprint density at radius 1 is 1.12 bits per heavy atom. The van der Waals surface area contributed by atoms with Crippen molar-refractivity contribution < 1.29 is 19.0 Å². The van der Waals surface area contributed by atoms with Crippen molar-refractivity contribution in [1.82, 2.24) is 0 Å². The summed E-state index contributed by atoms with van der Waals surface area (Å²) in [6, 6.07) is 8.95. The summed E-state index contributed by atoms with van der Waals surface area (Å²) in [6.45, 7) is 2.07. The molecule has 2 aromatic rings. The molecule has 1 aliphatic heterocycles. The van der Waals surface area contributed by atoms with Gasteiger partial charge in [0.15, 0.2) is 11.5 Å². The van der Waals surface area contributed by atoms with Crippen LogP contribution in [-0.4, -0.2) is 11.9 Å². The van der Waals surface area contributed by atoms with E-state index in [9.17, 15) is 5.11 Å².